The van der Waals surface area contributed by atoms with Crippen molar-refractivity contribution < 1.29 is 5.11 Å². The molecule has 4 nitrogen and oxygen atoms in total. The number of aliphatic hydroxyl groups is 1. The van der Waals surface area contributed by atoms with E-state index in [9.17, 15) is 5.11 Å². The molecule has 1 aromatic heterocycles. The van der Waals surface area contributed by atoms with Crippen LogP contribution in [0.4, 0.5) is 5.82 Å². The standard InChI is InChI=1S/C17H29N3O/c1-3-10-18-14(2)15-8-9-17(19-13-15)20(11-12-21)16-6-4-5-7-16/h8-9,13-14,16,18,21H,3-7,10-12H2,1-2H3. The maximum atomic E-state index is 9.32. The van der Waals surface area contributed by atoms with Gasteiger partial charge in [0.25, 0.3) is 0 Å². The van der Waals surface area contributed by atoms with Crippen molar-refractivity contribution in [3.8, 4) is 0 Å². The zero-order chi connectivity index (χ0) is 15.1. The third-order valence-corrected chi connectivity index (χ3v) is 4.37. The van der Waals surface area contributed by atoms with Gasteiger partial charge in [0, 0.05) is 24.8 Å². The maximum absolute atomic E-state index is 9.32. The Morgan fingerprint density at radius 3 is 2.71 bits per heavy atom. The average molecular weight is 291 g/mol. The first-order valence-corrected chi connectivity index (χ1v) is 8.33. The lowest BCUT2D eigenvalue weighted by Gasteiger charge is -2.29. The summed E-state index contributed by atoms with van der Waals surface area (Å²) in [6.07, 6.45) is 8.14. The number of aromatic nitrogens is 1. The summed E-state index contributed by atoms with van der Waals surface area (Å²) in [7, 11) is 0. The Balaban J connectivity index is 2.04. The molecule has 1 aliphatic carbocycles. The normalized spacial score (nSPS) is 17.1. The second-order valence-electron chi connectivity index (χ2n) is 5.98. The van der Waals surface area contributed by atoms with E-state index < -0.39 is 0 Å². The monoisotopic (exact) mass is 291 g/mol. The molecule has 2 rings (SSSR count). The molecule has 1 fully saturated rings. The van der Waals surface area contributed by atoms with E-state index in [4.69, 9.17) is 0 Å². The Morgan fingerprint density at radius 1 is 1.38 bits per heavy atom. The quantitative estimate of drug-likeness (QED) is 0.773. The first kappa shape index (κ1) is 16.2. The van der Waals surface area contributed by atoms with E-state index in [1.165, 1.54) is 31.2 Å². The third kappa shape index (κ3) is 4.42. The molecule has 0 aliphatic heterocycles. The van der Waals surface area contributed by atoms with Gasteiger partial charge >= 0.3 is 0 Å². The van der Waals surface area contributed by atoms with Crippen molar-refractivity contribution in [2.45, 2.75) is 58.0 Å². The molecule has 118 valence electrons. The number of hydrogen-bond acceptors (Lipinski definition) is 4. The van der Waals surface area contributed by atoms with Crippen molar-refractivity contribution in [3.63, 3.8) is 0 Å². The second kappa shape index (κ2) is 8.35. The smallest absolute Gasteiger partial charge is 0.128 e. The molecule has 0 amide bonds. The SMILES string of the molecule is CCCNC(C)c1ccc(N(CCO)C2CCCC2)nc1. The molecule has 0 bridgehead atoms. The molecule has 1 aliphatic rings. The van der Waals surface area contributed by atoms with Crippen LogP contribution in [-0.4, -0.2) is 35.8 Å². The van der Waals surface area contributed by atoms with Gasteiger partial charge in [-0.25, -0.2) is 4.98 Å². The van der Waals surface area contributed by atoms with Crippen molar-refractivity contribution in [2.24, 2.45) is 0 Å². The number of aliphatic hydroxyl groups excluding tert-OH is 1. The average Bonchev–Trinajstić information content (AvgIpc) is 3.04. The summed E-state index contributed by atoms with van der Waals surface area (Å²) in [6, 6.07) is 5.15. The number of nitrogens with zero attached hydrogens (tertiary/aromatic N) is 2. The summed E-state index contributed by atoms with van der Waals surface area (Å²) in [5, 5.41) is 12.8. The van der Waals surface area contributed by atoms with Gasteiger partial charge in [0.2, 0.25) is 0 Å². The highest BCUT2D eigenvalue weighted by Crippen LogP contribution is 2.27. The van der Waals surface area contributed by atoms with Crippen LogP contribution in [0.15, 0.2) is 18.3 Å². The maximum Gasteiger partial charge on any atom is 0.128 e. The van der Waals surface area contributed by atoms with Crippen molar-refractivity contribution in [3.05, 3.63) is 23.9 Å². The predicted molar refractivity (Wildman–Crippen MR) is 87.6 cm³/mol. The summed E-state index contributed by atoms with van der Waals surface area (Å²) >= 11 is 0. The molecule has 0 aromatic carbocycles. The van der Waals surface area contributed by atoms with Gasteiger partial charge in [-0.05, 0) is 44.4 Å². The fourth-order valence-electron chi connectivity index (χ4n) is 3.11. The Hall–Kier alpha value is -1.13. The van der Waals surface area contributed by atoms with Gasteiger partial charge in [-0.2, -0.15) is 0 Å². The number of hydrogen-bond donors (Lipinski definition) is 2. The third-order valence-electron chi connectivity index (χ3n) is 4.37. The van der Waals surface area contributed by atoms with Crippen LogP contribution in [0.2, 0.25) is 0 Å². The van der Waals surface area contributed by atoms with E-state index in [2.05, 4.69) is 41.2 Å². The largest absolute Gasteiger partial charge is 0.395 e. The molecule has 2 N–H and O–H groups in total. The first-order valence-electron chi connectivity index (χ1n) is 8.33. The molecule has 1 heterocycles. The molecule has 1 atom stereocenters. The zero-order valence-electron chi connectivity index (χ0n) is 13.4. The van der Waals surface area contributed by atoms with E-state index >= 15 is 0 Å². The van der Waals surface area contributed by atoms with Gasteiger partial charge in [0.05, 0.1) is 6.61 Å². The predicted octanol–water partition coefficient (Wildman–Crippen LogP) is 2.88. The number of anilines is 1. The molecule has 0 saturated heterocycles. The fourth-order valence-corrected chi connectivity index (χ4v) is 3.11. The van der Waals surface area contributed by atoms with E-state index in [0.717, 1.165) is 18.8 Å². The molecule has 4 heteroatoms. The van der Waals surface area contributed by atoms with Crippen LogP contribution in [0.25, 0.3) is 0 Å². The van der Waals surface area contributed by atoms with Gasteiger partial charge in [-0.3, -0.25) is 0 Å². The summed E-state index contributed by atoms with van der Waals surface area (Å²) in [5.41, 5.74) is 1.22. The molecule has 1 unspecified atom stereocenters. The van der Waals surface area contributed by atoms with Crippen LogP contribution in [0.5, 0.6) is 0 Å². The first-order chi connectivity index (χ1) is 10.3. The Morgan fingerprint density at radius 2 is 2.14 bits per heavy atom. The number of nitrogens with one attached hydrogen (secondary N) is 1. The summed E-state index contributed by atoms with van der Waals surface area (Å²) in [5.74, 6) is 1.00. The summed E-state index contributed by atoms with van der Waals surface area (Å²) in [6.45, 7) is 6.25. The summed E-state index contributed by atoms with van der Waals surface area (Å²) < 4.78 is 0. The minimum Gasteiger partial charge on any atom is -0.395 e. The van der Waals surface area contributed by atoms with Gasteiger partial charge in [0.15, 0.2) is 0 Å². The van der Waals surface area contributed by atoms with Crippen molar-refractivity contribution in [1.29, 1.82) is 0 Å². The lowest BCUT2D eigenvalue weighted by molar-refractivity contribution is 0.297. The van der Waals surface area contributed by atoms with E-state index in [1.54, 1.807) is 0 Å². The number of pyridine rings is 1. The van der Waals surface area contributed by atoms with Gasteiger partial charge in [0.1, 0.15) is 5.82 Å². The molecule has 0 spiro atoms. The Labute approximate surface area is 128 Å². The van der Waals surface area contributed by atoms with Crippen LogP contribution in [0.3, 0.4) is 0 Å². The second-order valence-corrected chi connectivity index (χ2v) is 5.98. The topological polar surface area (TPSA) is 48.4 Å². The molecule has 1 aromatic rings. The Bertz CT molecular complexity index is 401. The van der Waals surface area contributed by atoms with Gasteiger partial charge in [-0.15, -0.1) is 0 Å². The molecule has 1 saturated carbocycles. The van der Waals surface area contributed by atoms with Crippen LogP contribution in [0.1, 0.15) is 57.6 Å². The van der Waals surface area contributed by atoms with Crippen LogP contribution >= 0.6 is 0 Å². The summed E-state index contributed by atoms with van der Waals surface area (Å²) in [4.78, 5) is 6.92. The Kier molecular flexibility index (Phi) is 6.46. The van der Waals surface area contributed by atoms with Crippen molar-refractivity contribution >= 4 is 5.82 Å². The molecular formula is C17H29N3O. The molecular weight excluding hydrogens is 262 g/mol. The van der Waals surface area contributed by atoms with Crippen LogP contribution in [0, 0.1) is 0 Å². The van der Waals surface area contributed by atoms with Gasteiger partial charge < -0.3 is 15.3 Å². The van der Waals surface area contributed by atoms with E-state index in [1.807, 2.05) is 6.20 Å². The molecule has 21 heavy (non-hydrogen) atoms. The van der Waals surface area contributed by atoms with Crippen molar-refractivity contribution in [2.75, 3.05) is 24.6 Å². The highest BCUT2D eigenvalue weighted by atomic mass is 16.3. The van der Waals surface area contributed by atoms with E-state index in [-0.39, 0.29) is 6.61 Å². The highest BCUT2D eigenvalue weighted by Gasteiger charge is 2.23. The van der Waals surface area contributed by atoms with Crippen LogP contribution in [-0.2, 0) is 0 Å². The van der Waals surface area contributed by atoms with E-state index in [0.29, 0.717) is 18.6 Å². The fraction of sp³-hybridized carbons (Fsp3) is 0.706. The molecule has 0 radical (unpaired) electrons. The number of rotatable bonds is 8. The lowest BCUT2D eigenvalue weighted by Crippen LogP contribution is -2.36. The lowest BCUT2D eigenvalue weighted by atomic mass is 10.1. The van der Waals surface area contributed by atoms with Gasteiger partial charge in [-0.1, -0.05) is 25.8 Å². The highest BCUT2D eigenvalue weighted by molar-refractivity contribution is 5.41. The minimum absolute atomic E-state index is 0.189. The van der Waals surface area contributed by atoms with Crippen LogP contribution < -0.4 is 10.2 Å². The zero-order valence-corrected chi connectivity index (χ0v) is 13.4. The van der Waals surface area contributed by atoms with Crippen molar-refractivity contribution in [1.82, 2.24) is 10.3 Å². The minimum atomic E-state index is 0.189.